The minimum atomic E-state index is -2.17. The van der Waals surface area contributed by atoms with E-state index < -0.39 is 51.5 Å². The zero-order valence-corrected chi connectivity index (χ0v) is 23.6. The normalized spacial score (nSPS) is 40.7. The van der Waals surface area contributed by atoms with Gasteiger partial charge in [0.15, 0.2) is 11.4 Å². The van der Waals surface area contributed by atoms with Crippen LogP contribution in [0, 0.1) is 39.4 Å². The molecule has 8 atom stereocenters. The van der Waals surface area contributed by atoms with Crippen molar-refractivity contribution in [1.82, 2.24) is 0 Å². The van der Waals surface area contributed by atoms with Crippen LogP contribution in [0.25, 0.3) is 0 Å². The van der Waals surface area contributed by atoms with Gasteiger partial charge in [-0.3, -0.25) is 19.2 Å². The number of carboxylic acid groups (broad SMARTS) is 1. The zero-order chi connectivity index (χ0) is 28.8. The van der Waals surface area contributed by atoms with Crippen molar-refractivity contribution in [1.29, 1.82) is 0 Å². The number of aliphatic carboxylic acids is 1. The van der Waals surface area contributed by atoms with E-state index in [-0.39, 0.29) is 54.4 Å². The van der Waals surface area contributed by atoms with Gasteiger partial charge in [0.05, 0.1) is 11.5 Å². The van der Waals surface area contributed by atoms with Crippen molar-refractivity contribution in [2.75, 3.05) is 0 Å². The molecule has 0 aromatic heterocycles. The first-order valence-corrected chi connectivity index (χ1v) is 13.8. The maximum absolute atomic E-state index is 14.0. The first-order valence-electron chi connectivity index (χ1n) is 13.8. The van der Waals surface area contributed by atoms with Gasteiger partial charge in [-0.1, -0.05) is 34.6 Å². The Morgan fingerprint density at radius 2 is 1.68 bits per heavy atom. The molecule has 0 spiro atoms. The number of carboxylic acids is 1. The summed E-state index contributed by atoms with van der Waals surface area (Å²) in [6.45, 7) is 12.5. The van der Waals surface area contributed by atoms with Crippen LogP contribution in [0.3, 0.4) is 0 Å². The molecule has 0 saturated heterocycles. The van der Waals surface area contributed by atoms with Gasteiger partial charge in [-0.25, -0.2) is 4.79 Å². The first kappa shape index (κ1) is 28.8. The number of hydrogen-bond donors (Lipinski definition) is 3. The third-order valence-electron chi connectivity index (χ3n) is 11.4. The lowest BCUT2D eigenvalue weighted by molar-refractivity contribution is -0.159. The van der Waals surface area contributed by atoms with Crippen molar-refractivity contribution < 1.29 is 39.3 Å². The van der Waals surface area contributed by atoms with Crippen LogP contribution in [0.5, 0.6) is 0 Å². The molecular weight excluding hydrogens is 488 g/mol. The van der Waals surface area contributed by atoms with E-state index in [1.54, 1.807) is 0 Å². The van der Waals surface area contributed by atoms with E-state index in [0.29, 0.717) is 30.4 Å². The van der Waals surface area contributed by atoms with E-state index in [1.807, 2.05) is 41.5 Å². The van der Waals surface area contributed by atoms with E-state index in [0.717, 1.165) is 6.92 Å². The molecule has 38 heavy (non-hydrogen) atoms. The van der Waals surface area contributed by atoms with Crippen molar-refractivity contribution in [3.8, 4) is 0 Å². The summed E-state index contributed by atoms with van der Waals surface area (Å²) in [5.74, 6) is -2.80. The molecule has 2 saturated carbocycles. The lowest BCUT2D eigenvalue weighted by Gasteiger charge is -2.60. The van der Waals surface area contributed by atoms with Crippen LogP contribution in [0.15, 0.2) is 11.1 Å². The summed E-state index contributed by atoms with van der Waals surface area (Å²) < 4.78 is 0. The molecule has 0 aromatic carbocycles. The summed E-state index contributed by atoms with van der Waals surface area (Å²) in [4.78, 5) is 64.8. The first-order chi connectivity index (χ1) is 17.2. The molecule has 4 aliphatic rings. The largest absolute Gasteiger partial charge is 0.479 e. The molecule has 210 valence electrons. The highest BCUT2D eigenvalue weighted by atomic mass is 16.4. The molecule has 0 aromatic rings. The van der Waals surface area contributed by atoms with E-state index in [9.17, 15) is 39.3 Å². The van der Waals surface area contributed by atoms with Crippen LogP contribution < -0.4 is 0 Å². The molecule has 3 N–H and O–H groups in total. The van der Waals surface area contributed by atoms with Crippen LogP contribution in [-0.2, 0) is 24.0 Å². The molecule has 0 aliphatic heterocycles. The minimum Gasteiger partial charge on any atom is -0.479 e. The predicted octanol–water partition coefficient (Wildman–Crippen LogP) is 3.45. The molecule has 0 amide bonds. The standard InChI is InChI=1S/C30H42O8/c1-15(10-16(31)13-29(6,38)25(36)37)17-11-22(35)30(7)24-18(32)12-20-26(2,3)21(34)8-9-27(20,4)23(24)19(33)14-28(17,30)5/h15,17-18,20,32,38H,8-14H2,1-7H3,(H,36,37)/t15?,17-,18+,20+,27+,28-,29?,30+/m1/s1. The molecule has 0 heterocycles. The topological polar surface area (TPSA) is 146 Å². The molecule has 2 unspecified atom stereocenters. The van der Waals surface area contributed by atoms with Gasteiger partial charge < -0.3 is 15.3 Å². The highest BCUT2D eigenvalue weighted by Gasteiger charge is 2.70. The fraction of sp³-hybridized carbons (Fsp3) is 0.767. The number of rotatable bonds is 6. The average molecular weight is 531 g/mol. The lowest BCUT2D eigenvalue weighted by Crippen LogP contribution is -2.60. The van der Waals surface area contributed by atoms with Gasteiger partial charge in [-0.2, -0.15) is 0 Å². The summed E-state index contributed by atoms with van der Waals surface area (Å²) in [6.07, 6.45) is -0.157. The third-order valence-corrected chi connectivity index (χ3v) is 11.4. The van der Waals surface area contributed by atoms with Gasteiger partial charge in [0, 0.05) is 48.5 Å². The second-order valence-electron chi connectivity index (χ2n) is 14.0. The van der Waals surface area contributed by atoms with Crippen LogP contribution >= 0.6 is 0 Å². The Morgan fingerprint density at radius 3 is 2.26 bits per heavy atom. The Balaban J connectivity index is 1.74. The Kier molecular flexibility index (Phi) is 6.56. The van der Waals surface area contributed by atoms with Crippen molar-refractivity contribution in [3.63, 3.8) is 0 Å². The Morgan fingerprint density at radius 1 is 1.08 bits per heavy atom. The van der Waals surface area contributed by atoms with E-state index in [4.69, 9.17) is 0 Å². The van der Waals surface area contributed by atoms with Crippen LogP contribution in [-0.4, -0.2) is 56.1 Å². The number of fused-ring (bicyclic) bond motifs is 4. The van der Waals surface area contributed by atoms with Gasteiger partial charge in [0.1, 0.15) is 17.3 Å². The summed E-state index contributed by atoms with van der Waals surface area (Å²) in [5.41, 5.74) is -4.35. The Bertz CT molecular complexity index is 1160. The smallest absolute Gasteiger partial charge is 0.335 e. The summed E-state index contributed by atoms with van der Waals surface area (Å²) >= 11 is 0. The fourth-order valence-corrected chi connectivity index (χ4v) is 8.95. The minimum absolute atomic E-state index is 0.0220. The van der Waals surface area contributed by atoms with Gasteiger partial charge in [0.25, 0.3) is 0 Å². The van der Waals surface area contributed by atoms with Crippen LogP contribution in [0.1, 0.15) is 93.4 Å². The van der Waals surface area contributed by atoms with Crippen LogP contribution in [0.2, 0.25) is 0 Å². The van der Waals surface area contributed by atoms with E-state index in [1.165, 1.54) is 0 Å². The van der Waals surface area contributed by atoms with Crippen molar-refractivity contribution in [3.05, 3.63) is 11.1 Å². The highest BCUT2D eigenvalue weighted by molar-refractivity contribution is 6.05. The number of hydrogen-bond acceptors (Lipinski definition) is 7. The maximum Gasteiger partial charge on any atom is 0.335 e. The molecule has 4 aliphatic carbocycles. The summed E-state index contributed by atoms with van der Waals surface area (Å²) in [5, 5.41) is 30.8. The summed E-state index contributed by atoms with van der Waals surface area (Å²) in [7, 11) is 0. The quantitative estimate of drug-likeness (QED) is 0.473. The Labute approximate surface area is 224 Å². The van der Waals surface area contributed by atoms with Gasteiger partial charge in [-0.15, -0.1) is 0 Å². The highest BCUT2D eigenvalue weighted by Crippen LogP contribution is 2.70. The molecule has 4 rings (SSSR count). The molecule has 0 radical (unpaired) electrons. The number of allylic oxidation sites excluding steroid dienone is 1. The number of aliphatic hydroxyl groups is 2. The van der Waals surface area contributed by atoms with Gasteiger partial charge in [0.2, 0.25) is 0 Å². The SMILES string of the molecule is CC(CC(=O)CC(C)(O)C(=O)O)[C@H]1CC(=O)[C@@]2(C)C3=C(C(=O)C[C@]12C)[C@@]1(C)CCC(=O)C(C)(C)[C@@H]1C[C@@H]3O. The van der Waals surface area contributed by atoms with Gasteiger partial charge in [-0.05, 0) is 55.4 Å². The molecule has 8 nitrogen and oxygen atoms in total. The third kappa shape index (κ3) is 3.73. The average Bonchev–Trinajstić information content (AvgIpc) is 2.98. The predicted molar refractivity (Wildman–Crippen MR) is 138 cm³/mol. The molecule has 8 heteroatoms. The van der Waals surface area contributed by atoms with Crippen molar-refractivity contribution in [2.24, 2.45) is 39.4 Å². The number of carbonyl (C=O) groups is 5. The summed E-state index contributed by atoms with van der Waals surface area (Å²) in [6, 6.07) is 0. The second kappa shape index (κ2) is 8.65. The van der Waals surface area contributed by atoms with Crippen molar-refractivity contribution in [2.45, 2.75) is 105 Å². The number of Topliss-reactive ketones (excluding diaryl/α,β-unsaturated/α-hetero) is 4. The molecule has 2 fully saturated rings. The lowest BCUT2D eigenvalue weighted by atomic mass is 9.42. The Hall–Kier alpha value is -2.19. The van der Waals surface area contributed by atoms with E-state index in [2.05, 4.69) is 0 Å². The molecule has 0 bridgehead atoms. The van der Waals surface area contributed by atoms with E-state index >= 15 is 0 Å². The zero-order valence-electron chi connectivity index (χ0n) is 23.6. The van der Waals surface area contributed by atoms with Crippen LogP contribution in [0.4, 0.5) is 0 Å². The molecular formula is C30H42O8. The monoisotopic (exact) mass is 530 g/mol. The van der Waals surface area contributed by atoms with Gasteiger partial charge >= 0.3 is 5.97 Å². The number of carbonyl (C=O) groups excluding carboxylic acids is 4. The van der Waals surface area contributed by atoms with Crippen molar-refractivity contribution >= 4 is 29.1 Å². The number of aliphatic hydroxyl groups excluding tert-OH is 1. The number of ketones is 4. The maximum atomic E-state index is 14.0. The fourth-order valence-electron chi connectivity index (χ4n) is 8.95. The second-order valence-corrected chi connectivity index (χ2v) is 14.0.